The summed E-state index contributed by atoms with van der Waals surface area (Å²) in [5.74, 6) is 0.525. The molecule has 1 aliphatic rings. The molecule has 26 heavy (non-hydrogen) atoms. The van der Waals surface area contributed by atoms with Crippen LogP contribution in [0, 0.1) is 18.3 Å². The van der Waals surface area contributed by atoms with E-state index in [0.29, 0.717) is 17.9 Å². The van der Waals surface area contributed by atoms with E-state index in [2.05, 4.69) is 41.1 Å². The number of carbonyl (C=O) groups excluding carboxylic acids is 1. The molecule has 132 valence electrons. The third-order valence-electron chi connectivity index (χ3n) is 5.17. The topological polar surface area (TPSA) is 56.1 Å². The number of nitriles is 1. The van der Waals surface area contributed by atoms with Gasteiger partial charge < -0.3 is 10.2 Å². The number of likely N-dealkylation sites (tertiary alicyclic amines) is 1. The van der Waals surface area contributed by atoms with Gasteiger partial charge in [-0.3, -0.25) is 4.79 Å². The highest BCUT2D eigenvalue weighted by Gasteiger charge is 2.22. The molecule has 0 radical (unpaired) electrons. The number of hydrogen-bond donors (Lipinski definition) is 1. The summed E-state index contributed by atoms with van der Waals surface area (Å²) in [6, 6.07) is 16.2. The number of amides is 1. The van der Waals surface area contributed by atoms with E-state index in [-0.39, 0.29) is 0 Å². The molecule has 0 aromatic heterocycles. The molecule has 0 bridgehead atoms. The van der Waals surface area contributed by atoms with Gasteiger partial charge in [0.2, 0.25) is 6.41 Å². The number of aryl methyl sites for hydroxylation is 1. The van der Waals surface area contributed by atoms with E-state index in [1.807, 2.05) is 31.2 Å². The molecule has 1 amide bonds. The van der Waals surface area contributed by atoms with E-state index in [1.54, 1.807) is 0 Å². The van der Waals surface area contributed by atoms with E-state index in [0.717, 1.165) is 48.4 Å². The second-order valence-corrected chi connectivity index (χ2v) is 6.73. The van der Waals surface area contributed by atoms with Crippen molar-refractivity contribution in [3.63, 3.8) is 0 Å². The predicted molar refractivity (Wildman–Crippen MR) is 105 cm³/mol. The Bertz CT molecular complexity index is 841. The second kappa shape index (κ2) is 7.88. The number of hydrogen-bond acceptors (Lipinski definition) is 3. The first-order valence-corrected chi connectivity index (χ1v) is 8.87. The number of piperidine rings is 1. The van der Waals surface area contributed by atoms with Crippen LogP contribution in [0.15, 0.2) is 49.0 Å². The van der Waals surface area contributed by atoms with Gasteiger partial charge in [-0.2, -0.15) is 5.26 Å². The quantitative estimate of drug-likeness (QED) is 0.823. The Balaban J connectivity index is 1.65. The Morgan fingerprint density at radius 3 is 2.54 bits per heavy atom. The van der Waals surface area contributed by atoms with Crippen molar-refractivity contribution in [2.24, 2.45) is 0 Å². The van der Waals surface area contributed by atoms with Crippen LogP contribution in [0.1, 0.15) is 41.0 Å². The Morgan fingerprint density at radius 2 is 1.92 bits per heavy atom. The Hall–Kier alpha value is -3.06. The lowest BCUT2D eigenvalue weighted by Gasteiger charge is -2.35. The van der Waals surface area contributed by atoms with Gasteiger partial charge >= 0.3 is 0 Å². The van der Waals surface area contributed by atoms with Crippen molar-refractivity contribution in [1.82, 2.24) is 4.90 Å². The van der Waals surface area contributed by atoms with E-state index < -0.39 is 0 Å². The largest absolute Gasteiger partial charge is 0.371 e. The van der Waals surface area contributed by atoms with Crippen LogP contribution in [-0.4, -0.2) is 24.4 Å². The number of benzene rings is 2. The molecule has 0 saturated carbocycles. The monoisotopic (exact) mass is 345 g/mol. The summed E-state index contributed by atoms with van der Waals surface area (Å²) in [4.78, 5) is 13.1. The Morgan fingerprint density at radius 1 is 1.23 bits per heavy atom. The second-order valence-electron chi connectivity index (χ2n) is 6.73. The summed E-state index contributed by atoms with van der Waals surface area (Å²) >= 11 is 0. The van der Waals surface area contributed by atoms with Gasteiger partial charge in [0.1, 0.15) is 0 Å². The highest BCUT2D eigenvalue weighted by Crippen LogP contribution is 2.32. The highest BCUT2D eigenvalue weighted by molar-refractivity contribution is 5.76. The van der Waals surface area contributed by atoms with Crippen molar-refractivity contribution in [2.75, 3.05) is 18.4 Å². The van der Waals surface area contributed by atoms with Crippen LogP contribution in [-0.2, 0) is 4.79 Å². The fourth-order valence-corrected chi connectivity index (χ4v) is 3.52. The zero-order chi connectivity index (χ0) is 18.5. The molecule has 4 heteroatoms. The van der Waals surface area contributed by atoms with Crippen LogP contribution in [0.3, 0.4) is 0 Å². The van der Waals surface area contributed by atoms with Crippen LogP contribution in [0.25, 0.3) is 5.70 Å². The van der Waals surface area contributed by atoms with E-state index in [9.17, 15) is 4.79 Å². The minimum absolute atomic E-state index is 0.525. The summed E-state index contributed by atoms with van der Waals surface area (Å²) in [6.07, 6.45) is 2.84. The van der Waals surface area contributed by atoms with Crippen molar-refractivity contribution in [2.45, 2.75) is 25.7 Å². The van der Waals surface area contributed by atoms with Gasteiger partial charge in [0.15, 0.2) is 0 Å². The first-order chi connectivity index (χ1) is 12.6. The van der Waals surface area contributed by atoms with Gasteiger partial charge in [0, 0.05) is 24.5 Å². The molecule has 2 aromatic carbocycles. The SMILES string of the molecule is C=C(c1ccc(C)c(NC=O)c1)N1CCC(c2ccc(C#N)cc2)CC1. The van der Waals surface area contributed by atoms with Crippen molar-refractivity contribution in [3.8, 4) is 6.07 Å². The Labute approximate surface area is 154 Å². The zero-order valence-electron chi connectivity index (χ0n) is 15.0. The van der Waals surface area contributed by atoms with Gasteiger partial charge in [0.25, 0.3) is 0 Å². The van der Waals surface area contributed by atoms with E-state index >= 15 is 0 Å². The van der Waals surface area contributed by atoms with Crippen LogP contribution in [0.4, 0.5) is 5.69 Å². The molecule has 0 spiro atoms. The van der Waals surface area contributed by atoms with Gasteiger partial charge in [-0.25, -0.2) is 0 Å². The number of anilines is 1. The summed E-state index contributed by atoms with van der Waals surface area (Å²) in [5.41, 5.74) is 5.91. The third kappa shape index (κ3) is 3.78. The zero-order valence-corrected chi connectivity index (χ0v) is 15.0. The molecule has 0 atom stereocenters. The van der Waals surface area contributed by atoms with E-state index in [1.165, 1.54) is 5.56 Å². The molecule has 1 fully saturated rings. The molecule has 1 aliphatic heterocycles. The molecule has 0 unspecified atom stereocenters. The van der Waals surface area contributed by atoms with Gasteiger partial charge in [-0.1, -0.05) is 30.8 Å². The molecule has 2 aromatic rings. The molecule has 4 nitrogen and oxygen atoms in total. The molecule has 1 heterocycles. The average Bonchev–Trinajstić information content (AvgIpc) is 2.69. The van der Waals surface area contributed by atoms with E-state index in [4.69, 9.17) is 5.26 Å². The van der Waals surface area contributed by atoms with Crippen LogP contribution in [0.2, 0.25) is 0 Å². The lowest BCUT2D eigenvalue weighted by Crippen LogP contribution is -2.31. The van der Waals surface area contributed by atoms with Crippen LogP contribution in [0.5, 0.6) is 0 Å². The standard InChI is InChI=1S/C22H23N3O/c1-16-3-6-21(13-22(16)24-15-26)17(2)25-11-9-20(10-12-25)19-7-4-18(14-23)5-8-19/h3-8,13,15,20H,2,9-12H2,1H3,(H,24,26). The summed E-state index contributed by atoms with van der Waals surface area (Å²) in [5, 5.41) is 11.7. The molecule has 1 saturated heterocycles. The summed E-state index contributed by atoms with van der Waals surface area (Å²) in [6.45, 7) is 8.15. The lowest BCUT2D eigenvalue weighted by molar-refractivity contribution is -0.105. The molecule has 1 N–H and O–H groups in total. The average molecular weight is 345 g/mol. The van der Waals surface area contributed by atoms with Crippen LogP contribution < -0.4 is 5.32 Å². The minimum atomic E-state index is 0.525. The molecule has 0 aliphatic carbocycles. The summed E-state index contributed by atoms with van der Waals surface area (Å²) in [7, 11) is 0. The normalized spacial score (nSPS) is 14.5. The van der Waals surface area contributed by atoms with Gasteiger partial charge in [-0.15, -0.1) is 0 Å². The summed E-state index contributed by atoms with van der Waals surface area (Å²) < 4.78 is 0. The predicted octanol–water partition coefficient (Wildman–Crippen LogP) is 4.29. The Kier molecular flexibility index (Phi) is 5.38. The van der Waals surface area contributed by atoms with Crippen molar-refractivity contribution < 1.29 is 4.79 Å². The molecule has 3 rings (SSSR count). The van der Waals surface area contributed by atoms with Crippen molar-refractivity contribution in [1.29, 1.82) is 5.26 Å². The highest BCUT2D eigenvalue weighted by atomic mass is 16.1. The maximum Gasteiger partial charge on any atom is 0.211 e. The lowest BCUT2D eigenvalue weighted by atomic mass is 9.88. The number of nitrogens with one attached hydrogen (secondary N) is 1. The van der Waals surface area contributed by atoms with Crippen LogP contribution >= 0.6 is 0 Å². The van der Waals surface area contributed by atoms with Gasteiger partial charge in [0.05, 0.1) is 11.6 Å². The first-order valence-electron chi connectivity index (χ1n) is 8.87. The maximum absolute atomic E-state index is 10.8. The number of rotatable bonds is 5. The number of nitrogens with zero attached hydrogens (tertiary/aromatic N) is 2. The van der Waals surface area contributed by atoms with Crippen molar-refractivity contribution >= 4 is 17.8 Å². The molecular weight excluding hydrogens is 322 g/mol. The molecular formula is C22H23N3O. The number of carbonyl (C=O) groups is 1. The fourth-order valence-electron chi connectivity index (χ4n) is 3.52. The smallest absolute Gasteiger partial charge is 0.211 e. The first kappa shape index (κ1) is 17.8. The fraction of sp³-hybridized carbons (Fsp3) is 0.273. The minimum Gasteiger partial charge on any atom is -0.371 e. The van der Waals surface area contributed by atoms with Crippen molar-refractivity contribution in [3.05, 3.63) is 71.3 Å². The third-order valence-corrected chi connectivity index (χ3v) is 5.17. The maximum atomic E-state index is 10.8. The van der Waals surface area contributed by atoms with Gasteiger partial charge in [-0.05, 0) is 60.6 Å².